The molecule has 0 aliphatic carbocycles. The summed E-state index contributed by atoms with van der Waals surface area (Å²) in [6.45, 7) is 2.74. The van der Waals surface area contributed by atoms with Crippen LogP contribution in [0.4, 0.5) is 10.1 Å². The first kappa shape index (κ1) is 22.1. The van der Waals surface area contributed by atoms with Gasteiger partial charge in [0.15, 0.2) is 0 Å². The van der Waals surface area contributed by atoms with Crippen LogP contribution in [0.5, 0.6) is 0 Å². The number of benzene rings is 2. The van der Waals surface area contributed by atoms with Crippen LogP contribution in [-0.4, -0.2) is 41.9 Å². The molecule has 1 fully saturated rings. The molecule has 2 aromatic carbocycles. The largest absolute Gasteiger partial charge is 0.339 e. The van der Waals surface area contributed by atoms with Gasteiger partial charge in [0.25, 0.3) is 0 Å². The van der Waals surface area contributed by atoms with E-state index in [4.69, 9.17) is 4.52 Å². The van der Waals surface area contributed by atoms with Crippen LogP contribution in [0.15, 0.2) is 51.9 Å². The monoisotopic (exact) mass is 458 g/mol. The number of hydrogen-bond acceptors (Lipinski definition) is 6. The van der Waals surface area contributed by atoms with Gasteiger partial charge in [-0.05, 0) is 61.7 Å². The van der Waals surface area contributed by atoms with Gasteiger partial charge < -0.3 is 9.84 Å². The normalized spacial score (nSPS) is 14.6. The van der Waals surface area contributed by atoms with Crippen LogP contribution >= 0.6 is 0 Å². The first-order valence-electron chi connectivity index (χ1n) is 10.3. The van der Waals surface area contributed by atoms with E-state index in [1.807, 2.05) is 0 Å². The lowest BCUT2D eigenvalue weighted by Gasteiger charge is -2.15. The number of sulfonamides is 1. The Balaban J connectivity index is 1.36. The molecule has 1 N–H and O–H groups in total. The van der Waals surface area contributed by atoms with Crippen LogP contribution in [0.25, 0.3) is 11.4 Å². The Morgan fingerprint density at radius 2 is 1.88 bits per heavy atom. The lowest BCUT2D eigenvalue weighted by atomic mass is 10.2. The summed E-state index contributed by atoms with van der Waals surface area (Å²) in [4.78, 5) is 16.6. The van der Waals surface area contributed by atoms with E-state index >= 15 is 0 Å². The smallest absolute Gasteiger partial charge is 0.243 e. The number of nitrogens with one attached hydrogen (secondary N) is 1. The number of hydrogen-bond donors (Lipinski definition) is 1. The van der Waals surface area contributed by atoms with Gasteiger partial charge in [-0.15, -0.1) is 0 Å². The van der Waals surface area contributed by atoms with Gasteiger partial charge >= 0.3 is 0 Å². The highest BCUT2D eigenvalue weighted by atomic mass is 32.2. The van der Waals surface area contributed by atoms with Crippen LogP contribution in [-0.2, 0) is 21.2 Å². The predicted molar refractivity (Wildman–Crippen MR) is 116 cm³/mol. The second kappa shape index (κ2) is 9.17. The Hall–Kier alpha value is -3.11. The molecular weight excluding hydrogens is 435 g/mol. The van der Waals surface area contributed by atoms with Gasteiger partial charge in [0.1, 0.15) is 5.82 Å². The maximum Gasteiger partial charge on any atom is 0.243 e. The lowest BCUT2D eigenvalue weighted by Crippen LogP contribution is -2.27. The zero-order valence-electron chi connectivity index (χ0n) is 17.5. The lowest BCUT2D eigenvalue weighted by molar-refractivity contribution is -0.116. The second-order valence-electron chi connectivity index (χ2n) is 7.66. The molecular formula is C22H23FN4O4S. The predicted octanol–water partition coefficient (Wildman–Crippen LogP) is 3.54. The fourth-order valence-corrected chi connectivity index (χ4v) is 4.96. The highest BCUT2D eigenvalue weighted by Gasteiger charge is 2.27. The summed E-state index contributed by atoms with van der Waals surface area (Å²) in [5.41, 5.74) is 1.50. The Labute approximate surface area is 185 Å². The SMILES string of the molecule is Cc1ccc(NC(=O)CCc2nc(-c3ccc(S(=O)(=O)N4CCCC4)cc3)no2)cc1F. The van der Waals surface area contributed by atoms with Crippen LogP contribution in [0.2, 0.25) is 0 Å². The van der Waals surface area contributed by atoms with Gasteiger partial charge in [-0.2, -0.15) is 9.29 Å². The van der Waals surface area contributed by atoms with Crippen molar-refractivity contribution in [3.63, 3.8) is 0 Å². The number of halogens is 1. The molecule has 2 heterocycles. The molecule has 0 unspecified atom stereocenters. The minimum absolute atomic E-state index is 0.0874. The number of anilines is 1. The van der Waals surface area contributed by atoms with Crippen molar-refractivity contribution in [2.45, 2.75) is 37.5 Å². The summed E-state index contributed by atoms with van der Waals surface area (Å²) in [5, 5.41) is 6.54. The number of carbonyl (C=O) groups excluding carboxylic acids is 1. The topological polar surface area (TPSA) is 105 Å². The Morgan fingerprint density at radius 3 is 2.56 bits per heavy atom. The van der Waals surface area contributed by atoms with Crippen molar-refractivity contribution in [2.24, 2.45) is 0 Å². The standard InChI is InChI=1S/C22H23FN4O4S/c1-15-4-7-17(14-19(15)23)24-20(28)10-11-21-25-22(26-31-21)16-5-8-18(9-6-16)32(29,30)27-12-2-3-13-27/h4-9,14H,2-3,10-13H2,1H3,(H,24,28). The molecule has 0 spiro atoms. The van der Waals surface area contributed by atoms with Gasteiger partial charge in [0.05, 0.1) is 4.90 Å². The van der Waals surface area contributed by atoms with E-state index in [0.29, 0.717) is 35.7 Å². The number of aryl methyl sites for hydroxylation is 2. The molecule has 168 valence electrons. The number of nitrogens with zero attached hydrogens (tertiary/aromatic N) is 3. The molecule has 10 heteroatoms. The zero-order chi connectivity index (χ0) is 22.7. The van der Waals surface area contributed by atoms with Crippen molar-refractivity contribution in [2.75, 3.05) is 18.4 Å². The molecule has 1 aliphatic heterocycles. The van der Waals surface area contributed by atoms with E-state index < -0.39 is 10.0 Å². The van der Waals surface area contributed by atoms with Gasteiger partial charge in [-0.25, -0.2) is 12.8 Å². The number of aromatic nitrogens is 2. The van der Waals surface area contributed by atoms with E-state index in [2.05, 4.69) is 15.5 Å². The second-order valence-corrected chi connectivity index (χ2v) is 9.60. The van der Waals surface area contributed by atoms with E-state index in [9.17, 15) is 17.6 Å². The number of amides is 1. The first-order chi connectivity index (χ1) is 15.3. The van der Waals surface area contributed by atoms with Crippen LogP contribution in [0.3, 0.4) is 0 Å². The maximum atomic E-state index is 13.6. The van der Waals surface area contributed by atoms with Crippen molar-refractivity contribution in [3.8, 4) is 11.4 Å². The van der Waals surface area contributed by atoms with Gasteiger partial charge in [-0.3, -0.25) is 4.79 Å². The third kappa shape index (κ3) is 4.86. The average molecular weight is 459 g/mol. The summed E-state index contributed by atoms with van der Waals surface area (Å²) in [6, 6.07) is 10.8. The third-order valence-corrected chi connectivity index (χ3v) is 7.22. The molecule has 32 heavy (non-hydrogen) atoms. The molecule has 1 saturated heterocycles. The molecule has 1 aliphatic rings. The first-order valence-corrected chi connectivity index (χ1v) is 11.8. The van der Waals surface area contributed by atoms with Gasteiger partial charge in [0, 0.05) is 37.2 Å². The molecule has 8 nitrogen and oxygen atoms in total. The molecule has 1 amide bonds. The summed E-state index contributed by atoms with van der Waals surface area (Å²) in [7, 11) is -3.48. The van der Waals surface area contributed by atoms with Crippen molar-refractivity contribution in [3.05, 3.63) is 59.7 Å². The molecule has 0 saturated carbocycles. The molecule has 0 atom stereocenters. The summed E-state index contributed by atoms with van der Waals surface area (Å²) in [6.07, 6.45) is 2.06. The summed E-state index contributed by atoms with van der Waals surface area (Å²) >= 11 is 0. The number of carbonyl (C=O) groups is 1. The van der Waals surface area contributed by atoms with E-state index in [-0.39, 0.29) is 35.4 Å². The van der Waals surface area contributed by atoms with Crippen molar-refractivity contribution in [1.29, 1.82) is 0 Å². The van der Waals surface area contributed by atoms with E-state index in [1.165, 1.54) is 22.5 Å². The molecule has 0 radical (unpaired) electrons. The van der Waals surface area contributed by atoms with Crippen LogP contribution < -0.4 is 5.32 Å². The van der Waals surface area contributed by atoms with Crippen LogP contribution in [0, 0.1) is 12.7 Å². The minimum atomic E-state index is -3.48. The maximum absolute atomic E-state index is 13.6. The molecule has 0 bridgehead atoms. The molecule has 3 aromatic rings. The fraction of sp³-hybridized carbons (Fsp3) is 0.318. The third-order valence-electron chi connectivity index (χ3n) is 5.30. The van der Waals surface area contributed by atoms with Crippen molar-refractivity contribution >= 4 is 21.6 Å². The molecule has 1 aromatic heterocycles. The van der Waals surface area contributed by atoms with E-state index in [0.717, 1.165) is 12.8 Å². The summed E-state index contributed by atoms with van der Waals surface area (Å²) in [5.74, 6) is -0.0989. The molecule has 4 rings (SSSR count). The van der Waals surface area contributed by atoms with Crippen molar-refractivity contribution < 1.29 is 22.1 Å². The van der Waals surface area contributed by atoms with Crippen molar-refractivity contribution in [1.82, 2.24) is 14.4 Å². The fourth-order valence-electron chi connectivity index (χ4n) is 3.44. The van der Waals surface area contributed by atoms with Gasteiger partial charge in [-0.1, -0.05) is 11.2 Å². The summed E-state index contributed by atoms with van der Waals surface area (Å²) < 4.78 is 45.5. The quantitative estimate of drug-likeness (QED) is 0.581. The van der Waals surface area contributed by atoms with Gasteiger partial charge in [0.2, 0.25) is 27.6 Å². The minimum Gasteiger partial charge on any atom is -0.339 e. The Morgan fingerprint density at radius 1 is 1.16 bits per heavy atom. The highest BCUT2D eigenvalue weighted by Crippen LogP contribution is 2.24. The van der Waals surface area contributed by atoms with Crippen LogP contribution in [0.1, 0.15) is 30.7 Å². The zero-order valence-corrected chi connectivity index (χ0v) is 18.4. The highest BCUT2D eigenvalue weighted by molar-refractivity contribution is 7.89. The number of rotatable bonds is 7. The average Bonchev–Trinajstić information content (AvgIpc) is 3.48. The van der Waals surface area contributed by atoms with E-state index in [1.54, 1.807) is 31.2 Å². The Bertz CT molecular complexity index is 1220. The Kier molecular flexibility index (Phi) is 6.33.